The topological polar surface area (TPSA) is 38.5 Å². The molecule has 1 saturated carbocycles. The molecular formula is C17H25FN2O. The van der Waals surface area contributed by atoms with Crippen molar-refractivity contribution in [3.05, 3.63) is 29.6 Å². The van der Waals surface area contributed by atoms with Gasteiger partial charge in [-0.25, -0.2) is 4.39 Å². The lowest BCUT2D eigenvalue weighted by molar-refractivity contribution is 0.0986. The molecule has 2 aliphatic rings. The Morgan fingerprint density at radius 1 is 1.29 bits per heavy atom. The Morgan fingerprint density at radius 2 is 2.05 bits per heavy atom. The van der Waals surface area contributed by atoms with Gasteiger partial charge in [-0.05, 0) is 50.4 Å². The number of fused-ring (bicyclic) bond motifs is 1. The summed E-state index contributed by atoms with van der Waals surface area (Å²) in [4.78, 5) is 2.51. The molecule has 1 atom stereocenters. The molecule has 0 aromatic heterocycles. The maximum Gasteiger partial charge on any atom is 0.123 e. The Bertz CT molecular complexity index is 486. The summed E-state index contributed by atoms with van der Waals surface area (Å²) in [5.74, 6) is 0.676. The second kappa shape index (κ2) is 6.32. The molecule has 1 fully saturated rings. The predicted octanol–water partition coefficient (Wildman–Crippen LogP) is 2.72. The van der Waals surface area contributed by atoms with E-state index in [9.17, 15) is 4.39 Å². The first kappa shape index (κ1) is 14.8. The highest BCUT2D eigenvalue weighted by Crippen LogP contribution is 2.30. The average molecular weight is 292 g/mol. The summed E-state index contributed by atoms with van der Waals surface area (Å²) in [5, 5.41) is 0. The zero-order valence-corrected chi connectivity index (χ0v) is 12.7. The summed E-state index contributed by atoms with van der Waals surface area (Å²) in [5.41, 5.74) is 7.00. The van der Waals surface area contributed by atoms with Gasteiger partial charge < -0.3 is 10.5 Å². The van der Waals surface area contributed by atoms with Gasteiger partial charge in [-0.3, -0.25) is 4.90 Å². The SMILES string of the molecule is CCN(CC1Cc2cc(F)ccc2O1)C1CCC(N)CC1. The molecule has 0 spiro atoms. The highest BCUT2D eigenvalue weighted by molar-refractivity contribution is 5.37. The standard InChI is InChI=1S/C17H25FN2O/c1-2-20(15-6-4-14(19)5-7-15)11-16-10-12-9-13(18)3-8-17(12)21-16/h3,8-9,14-16H,2,4-7,10-11,19H2,1H3. The minimum atomic E-state index is -0.174. The minimum Gasteiger partial charge on any atom is -0.488 e. The van der Waals surface area contributed by atoms with Gasteiger partial charge in [0.15, 0.2) is 0 Å². The number of hydrogen-bond acceptors (Lipinski definition) is 3. The molecule has 1 aliphatic carbocycles. The first-order valence-corrected chi connectivity index (χ1v) is 8.10. The van der Waals surface area contributed by atoms with Crippen LogP contribution in [0.1, 0.15) is 38.2 Å². The highest BCUT2D eigenvalue weighted by atomic mass is 19.1. The molecule has 2 N–H and O–H groups in total. The molecule has 21 heavy (non-hydrogen) atoms. The molecule has 3 rings (SSSR count). The van der Waals surface area contributed by atoms with Crippen molar-refractivity contribution in [3.63, 3.8) is 0 Å². The molecule has 116 valence electrons. The molecule has 1 aliphatic heterocycles. The molecule has 0 bridgehead atoms. The Morgan fingerprint density at radius 3 is 2.76 bits per heavy atom. The van der Waals surface area contributed by atoms with E-state index in [0.717, 1.165) is 43.7 Å². The van der Waals surface area contributed by atoms with Crippen LogP contribution in [0.25, 0.3) is 0 Å². The van der Waals surface area contributed by atoms with Gasteiger partial charge in [-0.1, -0.05) is 6.92 Å². The van der Waals surface area contributed by atoms with Crippen LogP contribution in [0.2, 0.25) is 0 Å². The van der Waals surface area contributed by atoms with Crippen molar-refractivity contribution < 1.29 is 9.13 Å². The maximum atomic E-state index is 13.3. The second-order valence-corrected chi connectivity index (χ2v) is 6.35. The Kier molecular flexibility index (Phi) is 4.45. The third kappa shape index (κ3) is 3.38. The highest BCUT2D eigenvalue weighted by Gasteiger charge is 2.29. The third-order valence-corrected chi connectivity index (χ3v) is 4.87. The summed E-state index contributed by atoms with van der Waals surface area (Å²) in [6.07, 6.45) is 5.58. The van der Waals surface area contributed by atoms with Crippen molar-refractivity contribution in [2.75, 3.05) is 13.1 Å². The lowest BCUT2D eigenvalue weighted by atomic mass is 9.90. The molecule has 3 nitrogen and oxygen atoms in total. The maximum absolute atomic E-state index is 13.3. The van der Waals surface area contributed by atoms with E-state index in [0.29, 0.717) is 12.1 Å². The first-order chi connectivity index (χ1) is 10.2. The minimum absolute atomic E-state index is 0.150. The zero-order valence-electron chi connectivity index (χ0n) is 12.7. The molecular weight excluding hydrogens is 267 g/mol. The summed E-state index contributed by atoms with van der Waals surface area (Å²) in [6, 6.07) is 5.83. The molecule has 1 unspecified atom stereocenters. The van der Waals surface area contributed by atoms with E-state index in [1.165, 1.54) is 18.9 Å². The van der Waals surface area contributed by atoms with E-state index >= 15 is 0 Å². The molecule has 1 aromatic rings. The van der Waals surface area contributed by atoms with Crippen LogP contribution in [-0.4, -0.2) is 36.2 Å². The van der Waals surface area contributed by atoms with Gasteiger partial charge in [0.05, 0.1) is 0 Å². The third-order valence-electron chi connectivity index (χ3n) is 4.87. The fourth-order valence-corrected chi connectivity index (χ4v) is 3.66. The molecule has 0 radical (unpaired) electrons. The number of nitrogens with two attached hydrogens (primary N) is 1. The van der Waals surface area contributed by atoms with Crippen molar-refractivity contribution in [1.29, 1.82) is 0 Å². The number of ether oxygens (including phenoxy) is 1. The summed E-state index contributed by atoms with van der Waals surface area (Å²) >= 11 is 0. The molecule has 1 aromatic carbocycles. The summed E-state index contributed by atoms with van der Waals surface area (Å²) in [6.45, 7) is 4.16. The first-order valence-electron chi connectivity index (χ1n) is 8.10. The van der Waals surface area contributed by atoms with Crippen LogP contribution in [0.15, 0.2) is 18.2 Å². The Balaban J connectivity index is 1.59. The quantitative estimate of drug-likeness (QED) is 0.927. The van der Waals surface area contributed by atoms with E-state index in [1.54, 1.807) is 12.1 Å². The lowest BCUT2D eigenvalue weighted by Gasteiger charge is -2.36. The van der Waals surface area contributed by atoms with Gasteiger partial charge in [0, 0.05) is 30.6 Å². The number of benzene rings is 1. The predicted molar refractivity (Wildman–Crippen MR) is 82.0 cm³/mol. The van der Waals surface area contributed by atoms with E-state index in [4.69, 9.17) is 10.5 Å². The van der Waals surface area contributed by atoms with Crippen molar-refractivity contribution in [2.45, 2.75) is 57.2 Å². The fourth-order valence-electron chi connectivity index (χ4n) is 3.66. The van der Waals surface area contributed by atoms with E-state index < -0.39 is 0 Å². The largest absolute Gasteiger partial charge is 0.488 e. The monoisotopic (exact) mass is 292 g/mol. The van der Waals surface area contributed by atoms with Crippen LogP contribution in [0.5, 0.6) is 5.75 Å². The zero-order chi connectivity index (χ0) is 14.8. The molecule has 1 heterocycles. The van der Waals surface area contributed by atoms with E-state index in [-0.39, 0.29) is 11.9 Å². The van der Waals surface area contributed by atoms with Gasteiger partial charge in [0.1, 0.15) is 17.7 Å². The Labute approximate surface area is 126 Å². The summed E-state index contributed by atoms with van der Waals surface area (Å²) in [7, 11) is 0. The summed E-state index contributed by atoms with van der Waals surface area (Å²) < 4.78 is 19.2. The average Bonchev–Trinajstić information content (AvgIpc) is 2.87. The van der Waals surface area contributed by atoms with E-state index in [2.05, 4.69) is 11.8 Å². The van der Waals surface area contributed by atoms with Crippen LogP contribution < -0.4 is 10.5 Å². The van der Waals surface area contributed by atoms with Crippen molar-refractivity contribution in [2.24, 2.45) is 5.73 Å². The van der Waals surface area contributed by atoms with Crippen molar-refractivity contribution in [3.8, 4) is 5.75 Å². The number of halogens is 1. The number of likely N-dealkylation sites (N-methyl/N-ethyl adjacent to an activating group) is 1. The number of nitrogens with zero attached hydrogens (tertiary/aromatic N) is 1. The van der Waals surface area contributed by atoms with Gasteiger partial charge in [-0.2, -0.15) is 0 Å². The Hall–Kier alpha value is -1.13. The van der Waals surface area contributed by atoms with Gasteiger partial charge in [0.2, 0.25) is 0 Å². The number of hydrogen-bond donors (Lipinski definition) is 1. The number of rotatable bonds is 4. The van der Waals surface area contributed by atoms with E-state index in [1.807, 2.05) is 0 Å². The van der Waals surface area contributed by atoms with Crippen LogP contribution in [-0.2, 0) is 6.42 Å². The molecule has 0 saturated heterocycles. The van der Waals surface area contributed by atoms with Crippen LogP contribution in [0.4, 0.5) is 4.39 Å². The normalized spacial score (nSPS) is 28.5. The smallest absolute Gasteiger partial charge is 0.123 e. The fraction of sp³-hybridized carbons (Fsp3) is 0.647. The van der Waals surface area contributed by atoms with Crippen LogP contribution in [0.3, 0.4) is 0 Å². The van der Waals surface area contributed by atoms with Crippen LogP contribution >= 0.6 is 0 Å². The second-order valence-electron chi connectivity index (χ2n) is 6.35. The molecule has 4 heteroatoms. The van der Waals surface area contributed by atoms with Gasteiger partial charge in [-0.15, -0.1) is 0 Å². The lowest BCUT2D eigenvalue weighted by Crippen LogP contribution is -2.45. The molecule has 0 amide bonds. The van der Waals surface area contributed by atoms with Gasteiger partial charge >= 0.3 is 0 Å². The van der Waals surface area contributed by atoms with Crippen molar-refractivity contribution in [1.82, 2.24) is 4.90 Å². The van der Waals surface area contributed by atoms with Crippen molar-refractivity contribution >= 4 is 0 Å². The van der Waals surface area contributed by atoms with Crippen LogP contribution in [0, 0.1) is 5.82 Å². The van der Waals surface area contributed by atoms with Gasteiger partial charge in [0.25, 0.3) is 0 Å².